The maximum atomic E-state index is 14.0. The van der Waals surface area contributed by atoms with Crippen molar-refractivity contribution in [3.63, 3.8) is 0 Å². The summed E-state index contributed by atoms with van der Waals surface area (Å²) in [6.07, 6.45) is 1.32. The molecule has 0 radical (unpaired) electrons. The van der Waals surface area contributed by atoms with E-state index in [1.54, 1.807) is 35.2 Å². The first-order valence-corrected chi connectivity index (χ1v) is 16.1. The van der Waals surface area contributed by atoms with E-state index >= 15 is 0 Å². The first-order valence-electron chi connectivity index (χ1n) is 14.6. The lowest BCUT2D eigenvalue weighted by Crippen LogP contribution is -2.52. The van der Waals surface area contributed by atoms with Crippen molar-refractivity contribution < 1.29 is 22.4 Å². The number of hydrogen-bond donors (Lipinski definition) is 1. The molecular formula is C34H36FN3O4S. The number of carbonyl (C=O) groups excluding carboxylic acids is 2. The van der Waals surface area contributed by atoms with E-state index in [9.17, 15) is 22.4 Å². The Bertz CT molecular complexity index is 1710. The molecule has 2 amide bonds. The standard InChI is InChI=1S/C34H36FN3O4S/c1-3-24(2)36-34(40)30(22-25-10-5-4-6-11-25)37(23-26-17-19-28(35)20-18-26)32(39)16-9-21-38-29-14-7-12-27-13-8-15-31(33(27)29)43(38,41)42/h4-8,10-15,17-20,24,30H,3,9,16,21-23H2,1-2H3,(H,36,40)/t24-,30-/m0/s1. The highest BCUT2D eigenvalue weighted by Crippen LogP contribution is 2.42. The van der Waals surface area contributed by atoms with Crippen molar-refractivity contribution in [2.75, 3.05) is 10.8 Å². The van der Waals surface area contributed by atoms with Crippen molar-refractivity contribution in [1.82, 2.24) is 10.2 Å². The van der Waals surface area contributed by atoms with Gasteiger partial charge in [-0.2, -0.15) is 0 Å². The smallest absolute Gasteiger partial charge is 0.265 e. The molecule has 0 unspecified atom stereocenters. The Balaban J connectivity index is 1.40. The molecule has 4 aromatic rings. The molecule has 1 aliphatic heterocycles. The van der Waals surface area contributed by atoms with Gasteiger partial charge in [-0.25, -0.2) is 12.8 Å². The summed E-state index contributed by atoms with van der Waals surface area (Å²) in [6, 6.07) is 25.2. The van der Waals surface area contributed by atoms with Gasteiger partial charge in [0.05, 0.1) is 10.6 Å². The minimum Gasteiger partial charge on any atom is -0.352 e. The fourth-order valence-corrected chi connectivity index (χ4v) is 7.25. The number of rotatable bonds is 12. The Labute approximate surface area is 252 Å². The van der Waals surface area contributed by atoms with Crippen LogP contribution >= 0.6 is 0 Å². The van der Waals surface area contributed by atoms with Gasteiger partial charge < -0.3 is 10.2 Å². The molecule has 5 rings (SSSR count). The number of nitrogens with zero attached hydrogens (tertiary/aromatic N) is 2. The van der Waals surface area contributed by atoms with Gasteiger partial charge in [-0.1, -0.05) is 73.7 Å². The average Bonchev–Trinajstić information content (AvgIpc) is 3.23. The fourth-order valence-electron chi connectivity index (χ4n) is 5.50. The van der Waals surface area contributed by atoms with Crippen LogP contribution in [0.3, 0.4) is 0 Å². The summed E-state index contributed by atoms with van der Waals surface area (Å²) in [7, 11) is -3.75. The third-order valence-corrected chi connectivity index (χ3v) is 9.83. The van der Waals surface area contributed by atoms with Gasteiger partial charge in [0.15, 0.2) is 0 Å². The summed E-state index contributed by atoms with van der Waals surface area (Å²) in [6.45, 7) is 4.12. The topological polar surface area (TPSA) is 86.8 Å². The molecule has 1 heterocycles. The highest BCUT2D eigenvalue weighted by atomic mass is 32.2. The lowest BCUT2D eigenvalue weighted by Gasteiger charge is -2.32. The summed E-state index contributed by atoms with van der Waals surface area (Å²) in [4.78, 5) is 29.4. The summed E-state index contributed by atoms with van der Waals surface area (Å²) in [5.41, 5.74) is 2.20. The minimum atomic E-state index is -3.75. The number of sulfonamides is 1. The molecule has 2 atom stereocenters. The van der Waals surface area contributed by atoms with Gasteiger partial charge in [-0.05, 0) is 60.5 Å². The minimum absolute atomic E-state index is 0.0292. The second-order valence-corrected chi connectivity index (χ2v) is 12.8. The first kappa shape index (κ1) is 30.2. The lowest BCUT2D eigenvalue weighted by atomic mass is 10.0. The van der Waals surface area contributed by atoms with Crippen molar-refractivity contribution >= 4 is 38.3 Å². The Morgan fingerprint density at radius 2 is 1.60 bits per heavy atom. The van der Waals surface area contributed by atoms with Crippen LogP contribution in [-0.4, -0.2) is 43.8 Å². The van der Waals surface area contributed by atoms with Crippen molar-refractivity contribution in [1.29, 1.82) is 0 Å². The predicted molar refractivity (Wildman–Crippen MR) is 166 cm³/mol. The Kier molecular flexibility index (Phi) is 9.11. The number of carbonyl (C=O) groups is 2. The highest BCUT2D eigenvalue weighted by molar-refractivity contribution is 7.93. The van der Waals surface area contributed by atoms with E-state index in [0.717, 1.165) is 17.4 Å². The SMILES string of the molecule is CC[C@H](C)NC(=O)[C@H](Cc1ccccc1)N(Cc1ccc(F)cc1)C(=O)CCCN1c2cccc3cccc(c23)S1(=O)=O. The fraction of sp³-hybridized carbons (Fsp3) is 0.294. The third kappa shape index (κ3) is 6.57. The van der Waals surface area contributed by atoms with Gasteiger partial charge in [-0.3, -0.25) is 13.9 Å². The molecule has 0 aliphatic carbocycles. The molecule has 0 bridgehead atoms. The molecule has 0 spiro atoms. The summed E-state index contributed by atoms with van der Waals surface area (Å²) in [5, 5.41) is 4.57. The van der Waals surface area contributed by atoms with Crippen LogP contribution in [-0.2, 0) is 32.6 Å². The largest absolute Gasteiger partial charge is 0.352 e. The van der Waals surface area contributed by atoms with Crippen molar-refractivity contribution in [3.8, 4) is 0 Å². The monoisotopic (exact) mass is 601 g/mol. The van der Waals surface area contributed by atoms with E-state index in [0.29, 0.717) is 23.1 Å². The maximum Gasteiger partial charge on any atom is 0.265 e. The molecule has 0 aromatic heterocycles. The number of benzene rings is 4. The zero-order valence-electron chi connectivity index (χ0n) is 24.4. The quantitative estimate of drug-likeness (QED) is 0.222. The Morgan fingerprint density at radius 1 is 0.907 bits per heavy atom. The van der Waals surface area contributed by atoms with Crippen LogP contribution < -0.4 is 9.62 Å². The lowest BCUT2D eigenvalue weighted by molar-refractivity contribution is -0.141. The third-order valence-electron chi connectivity index (χ3n) is 7.97. The van der Waals surface area contributed by atoms with Crippen molar-refractivity contribution in [3.05, 3.63) is 108 Å². The highest BCUT2D eigenvalue weighted by Gasteiger charge is 2.36. The summed E-state index contributed by atoms with van der Waals surface area (Å²) < 4.78 is 41.9. The van der Waals surface area contributed by atoms with Crippen molar-refractivity contribution in [2.24, 2.45) is 0 Å². The predicted octanol–water partition coefficient (Wildman–Crippen LogP) is 5.82. The van der Waals surface area contributed by atoms with Crippen LogP contribution in [0, 0.1) is 5.82 Å². The Hall–Kier alpha value is -4.24. The van der Waals surface area contributed by atoms with Crippen molar-refractivity contribution in [2.45, 2.75) is 63.1 Å². The van der Waals surface area contributed by atoms with Crippen LogP contribution in [0.1, 0.15) is 44.2 Å². The molecule has 43 heavy (non-hydrogen) atoms. The van der Waals surface area contributed by atoms with Crippen LogP contribution in [0.25, 0.3) is 10.8 Å². The summed E-state index contributed by atoms with van der Waals surface area (Å²) in [5.74, 6) is -0.936. The Morgan fingerprint density at radius 3 is 2.30 bits per heavy atom. The molecule has 0 saturated heterocycles. The van der Waals surface area contributed by atoms with E-state index in [-0.39, 0.29) is 54.5 Å². The number of anilines is 1. The van der Waals surface area contributed by atoms with Crippen LogP contribution in [0.15, 0.2) is 95.9 Å². The van der Waals surface area contributed by atoms with Gasteiger partial charge in [0.2, 0.25) is 11.8 Å². The number of hydrogen-bond acceptors (Lipinski definition) is 4. The number of nitrogens with one attached hydrogen (secondary N) is 1. The van der Waals surface area contributed by atoms with Gasteiger partial charge in [0, 0.05) is 37.4 Å². The number of amides is 2. The van der Waals surface area contributed by atoms with E-state index in [4.69, 9.17) is 0 Å². The molecule has 224 valence electrons. The maximum absolute atomic E-state index is 14.0. The number of halogens is 1. The van der Waals surface area contributed by atoms with E-state index in [1.165, 1.54) is 16.4 Å². The molecule has 1 N–H and O–H groups in total. The summed E-state index contributed by atoms with van der Waals surface area (Å²) >= 11 is 0. The zero-order chi connectivity index (χ0) is 30.6. The average molecular weight is 602 g/mol. The van der Waals surface area contributed by atoms with Crippen LogP contribution in [0.5, 0.6) is 0 Å². The molecule has 0 fully saturated rings. The van der Waals surface area contributed by atoms with Gasteiger partial charge in [0.1, 0.15) is 11.9 Å². The van der Waals surface area contributed by atoms with Crippen LogP contribution in [0.2, 0.25) is 0 Å². The van der Waals surface area contributed by atoms with Gasteiger partial charge >= 0.3 is 0 Å². The molecule has 7 nitrogen and oxygen atoms in total. The first-order chi connectivity index (χ1) is 20.7. The van der Waals surface area contributed by atoms with E-state index in [2.05, 4.69) is 5.32 Å². The van der Waals surface area contributed by atoms with Gasteiger partial charge in [-0.15, -0.1) is 0 Å². The zero-order valence-corrected chi connectivity index (χ0v) is 25.2. The second-order valence-electron chi connectivity index (χ2n) is 11.0. The molecule has 9 heteroatoms. The normalized spacial score (nSPS) is 14.8. The molecule has 0 saturated carbocycles. The molecule has 4 aromatic carbocycles. The molecular weight excluding hydrogens is 565 g/mol. The van der Waals surface area contributed by atoms with Crippen LogP contribution in [0.4, 0.5) is 10.1 Å². The van der Waals surface area contributed by atoms with Gasteiger partial charge in [0.25, 0.3) is 10.0 Å². The second kappa shape index (κ2) is 13.0. The molecule has 1 aliphatic rings. The van der Waals surface area contributed by atoms with E-state index in [1.807, 2.05) is 62.4 Å². The van der Waals surface area contributed by atoms with E-state index < -0.39 is 16.1 Å².